The molecule has 2 nitrogen and oxygen atoms in total. The lowest BCUT2D eigenvalue weighted by Gasteiger charge is -1.95. The molecule has 68 valence electrons. The van der Waals surface area contributed by atoms with Crippen molar-refractivity contribution >= 4 is 0 Å². The van der Waals surface area contributed by atoms with Crippen LogP contribution >= 0.6 is 0 Å². The highest BCUT2D eigenvalue weighted by Crippen LogP contribution is 2.14. The molecule has 0 fully saturated rings. The predicted molar refractivity (Wildman–Crippen MR) is 46.5 cm³/mol. The second-order valence-electron chi connectivity index (χ2n) is 2.94. The van der Waals surface area contributed by atoms with Crippen molar-refractivity contribution < 1.29 is 4.39 Å². The molecule has 0 atom stereocenters. The molecule has 0 amide bonds. The van der Waals surface area contributed by atoms with Crippen LogP contribution in [-0.4, -0.2) is 9.78 Å². The molecule has 0 aromatic carbocycles. The SMILES string of the molecule is CCCc1c(CC)nn(C)c1F. The molecular weight excluding hydrogens is 155 g/mol. The van der Waals surface area contributed by atoms with E-state index in [4.69, 9.17) is 0 Å². The highest BCUT2D eigenvalue weighted by Gasteiger charge is 2.12. The monoisotopic (exact) mass is 170 g/mol. The van der Waals surface area contributed by atoms with E-state index in [2.05, 4.69) is 5.10 Å². The number of rotatable bonds is 3. The molecule has 0 saturated carbocycles. The van der Waals surface area contributed by atoms with Crippen molar-refractivity contribution in [3.05, 3.63) is 17.2 Å². The van der Waals surface area contributed by atoms with Gasteiger partial charge in [0.15, 0.2) is 0 Å². The third-order valence-electron chi connectivity index (χ3n) is 1.99. The van der Waals surface area contributed by atoms with E-state index in [1.54, 1.807) is 7.05 Å². The van der Waals surface area contributed by atoms with E-state index < -0.39 is 0 Å². The molecule has 0 aliphatic rings. The summed E-state index contributed by atoms with van der Waals surface area (Å²) in [6.07, 6.45) is 2.57. The summed E-state index contributed by atoms with van der Waals surface area (Å²) in [6.45, 7) is 4.05. The minimum Gasteiger partial charge on any atom is -0.242 e. The zero-order valence-electron chi connectivity index (χ0n) is 7.89. The number of aromatic nitrogens is 2. The maximum atomic E-state index is 13.3. The quantitative estimate of drug-likeness (QED) is 0.679. The Hall–Kier alpha value is -0.860. The van der Waals surface area contributed by atoms with Gasteiger partial charge in [-0.05, 0) is 12.8 Å². The predicted octanol–water partition coefficient (Wildman–Crippen LogP) is 2.07. The van der Waals surface area contributed by atoms with Crippen molar-refractivity contribution in [2.45, 2.75) is 33.1 Å². The summed E-state index contributed by atoms with van der Waals surface area (Å²) >= 11 is 0. The second kappa shape index (κ2) is 3.70. The summed E-state index contributed by atoms with van der Waals surface area (Å²) in [5.74, 6) is -0.172. The van der Waals surface area contributed by atoms with E-state index in [-0.39, 0.29) is 5.95 Å². The smallest absolute Gasteiger partial charge is 0.214 e. The first-order chi connectivity index (χ1) is 5.70. The third kappa shape index (κ3) is 1.49. The highest BCUT2D eigenvalue weighted by molar-refractivity contribution is 5.18. The summed E-state index contributed by atoms with van der Waals surface area (Å²) in [5, 5.41) is 4.09. The van der Waals surface area contributed by atoms with Gasteiger partial charge < -0.3 is 0 Å². The Balaban J connectivity index is 3.03. The Bertz CT molecular complexity index is 266. The summed E-state index contributed by atoms with van der Waals surface area (Å²) in [7, 11) is 1.65. The van der Waals surface area contributed by atoms with Gasteiger partial charge in [0.25, 0.3) is 0 Å². The van der Waals surface area contributed by atoms with Crippen LogP contribution in [0, 0.1) is 5.95 Å². The molecule has 0 saturated heterocycles. The van der Waals surface area contributed by atoms with Crippen molar-refractivity contribution in [2.75, 3.05) is 0 Å². The zero-order chi connectivity index (χ0) is 9.14. The summed E-state index contributed by atoms with van der Waals surface area (Å²) in [5.41, 5.74) is 1.69. The number of aryl methyl sites for hydroxylation is 2. The van der Waals surface area contributed by atoms with Gasteiger partial charge in [-0.3, -0.25) is 0 Å². The first kappa shape index (κ1) is 9.23. The Morgan fingerprint density at radius 1 is 1.42 bits per heavy atom. The fraction of sp³-hybridized carbons (Fsp3) is 0.667. The number of halogens is 1. The van der Waals surface area contributed by atoms with Crippen LogP contribution in [0.4, 0.5) is 4.39 Å². The van der Waals surface area contributed by atoms with Gasteiger partial charge in [-0.2, -0.15) is 9.49 Å². The lowest BCUT2D eigenvalue weighted by molar-refractivity contribution is 0.494. The van der Waals surface area contributed by atoms with Gasteiger partial charge in [-0.15, -0.1) is 0 Å². The van der Waals surface area contributed by atoms with E-state index >= 15 is 0 Å². The van der Waals surface area contributed by atoms with Crippen LogP contribution in [-0.2, 0) is 19.9 Å². The summed E-state index contributed by atoms with van der Waals surface area (Å²) in [4.78, 5) is 0. The topological polar surface area (TPSA) is 17.8 Å². The normalized spacial score (nSPS) is 10.7. The molecule has 3 heteroatoms. The first-order valence-corrected chi connectivity index (χ1v) is 4.40. The lowest BCUT2D eigenvalue weighted by atomic mass is 10.1. The molecule has 0 radical (unpaired) electrons. The van der Waals surface area contributed by atoms with Gasteiger partial charge in [0, 0.05) is 12.6 Å². The van der Waals surface area contributed by atoms with Gasteiger partial charge in [0.05, 0.1) is 5.69 Å². The van der Waals surface area contributed by atoms with Crippen LogP contribution in [0.2, 0.25) is 0 Å². The van der Waals surface area contributed by atoms with E-state index in [0.717, 1.165) is 30.5 Å². The molecule has 1 aromatic rings. The van der Waals surface area contributed by atoms with Crippen molar-refractivity contribution in [3.63, 3.8) is 0 Å². The van der Waals surface area contributed by atoms with Crippen LogP contribution < -0.4 is 0 Å². The fourth-order valence-electron chi connectivity index (χ4n) is 1.38. The minimum atomic E-state index is -0.172. The molecule has 1 rings (SSSR count). The van der Waals surface area contributed by atoms with Crippen molar-refractivity contribution in [1.82, 2.24) is 9.78 Å². The lowest BCUT2D eigenvalue weighted by Crippen LogP contribution is -1.95. The van der Waals surface area contributed by atoms with Gasteiger partial charge in [-0.1, -0.05) is 20.3 Å². The Kier molecular flexibility index (Phi) is 2.84. The standard InChI is InChI=1S/C9H15FN2/c1-4-6-7-8(5-2)11-12(3)9(7)10/h4-6H2,1-3H3. The van der Waals surface area contributed by atoms with Crippen LogP contribution in [0.25, 0.3) is 0 Å². The fourth-order valence-corrected chi connectivity index (χ4v) is 1.38. The van der Waals surface area contributed by atoms with Gasteiger partial charge >= 0.3 is 0 Å². The van der Waals surface area contributed by atoms with Crippen LogP contribution in [0.1, 0.15) is 31.5 Å². The molecule has 0 aliphatic carbocycles. The van der Waals surface area contributed by atoms with E-state index in [1.165, 1.54) is 4.68 Å². The molecular formula is C9H15FN2. The molecule has 12 heavy (non-hydrogen) atoms. The van der Waals surface area contributed by atoms with Gasteiger partial charge in [0.1, 0.15) is 0 Å². The average Bonchev–Trinajstić information content (AvgIpc) is 2.33. The molecule has 0 bridgehead atoms. The van der Waals surface area contributed by atoms with Crippen LogP contribution in [0.5, 0.6) is 0 Å². The first-order valence-electron chi connectivity index (χ1n) is 4.40. The van der Waals surface area contributed by atoms with E-state index in [9.17, 15) is 4.39 Å². The van der Waals surface area contributed by atoms with Crippen molar-refractivity contribution in [3.8, 4) is 0 Å². The summed E-state index contributed by atoms with van der Waals surface area (Å²) in [6, 6.07) is 0. The minimum absolute atomic E-state index is 0.172. The molecule has 0 aliphatic heterocycles. The van der Waals surface area contributed by atoms with Crippen molar-refractivity contribution in [2.24, 2.45) is 7.05 Å². The Labute approximate surface area is 72.4 Å². The summed E-state index contributed by atoms with van der Waals surface area (Å²) < 4.78 is 14.6. The van der Waals surface area contributed by atoms with Crippen LogP contribution in [0.3, 0.4) is 0 Å². The highest BCUT2D eigenvalue weighted by atomic mass is 19.1. The Morgan fingerprint density at radius 2 is 2.08 bits per heavy atom. The van der Waals surface area contributed by atoms with Gasteiger partial charge in [-0.25, -0.2) is 4.68 Å². The number of nitrogens with zero attached hydrogens (tertiary/aromatic N) is 2. The maximum absolute atomic E-state index is 13.3. The third-order valence-corrected chi connectivity index (χ3v) is 1.99. The molecule has 1 aromatic heterocycles. The van der Waals surface area contributed by atoms with E-state index in [0.29, 0.717) is 0 Å². The van der Waals surface area contributed by atoms with E-state index in [1.807, 2.05) is 13.8 Å². The number of hydrogen-bond donors (Lipinski definition) is 0. The molecule has 0 spiro atoms. The van der Waals surface area contributed by atoms with Crippen LogP contribution in [0.15, 0.2) is 0 Å². The largest absolute Gasteiger partial charge is 0.242 e. The van der Waals surface area contributed by atoms with Crippen molar-refractivity contribution in [1.29, 1.82) is 0 Å². The maximum Gasteiger partial charge on any atom is 0.214 e. The number of hydrogen-bond acceptors (Lipinski definition) is 1. The average molecular weight is 170 g/mol. The Morgan fingerprint density at radius 3 is 2.58 bits per heavy atom. The molecule has 0 unspecified atom stereocenters. The second-order valence-corrected chi connectivity index (χ2v) is 2.94. The zero-order valence-corrected chi connectivity index (χ0v) is 7.89. The molecule has 0 N–H and O–H groups in total. The van der Waals surface area contributed by atoms with Gasteiger partial charge in [0.2, 0.25) is 5.95 Å². The molecule has 1 heterocycles.